The predicted molar refractivity (Wildman–Crippen MR) is 84.9 cm³/mol. The molecule has 0 spiro atoms. The van der Waals surface area contributed by atoms with E-state index in [1.54, 1.807) is 22.5 Å². The van der Waals surface area contributed by atoms with Crippen LogP contribution in [0, 0.1) is 11.8 Å². The topological polar surface area (TPSA) is 63.4 Å². The zero-order valence-corrected chi connectivity index (χ0v) is 14.2. The summed E-state index contributed by atoms with van der Waals surface area (Å²) in [4.78, 5) is 0.301. The molecule has 2 rings (SSSR count). The number of nitrogens with zero attached hydrogens (tertiary/aromatic N) is 1. The Labute approximate surface area is 129 Å². The second kappa shape index (κ2) is 6.03. The average Bonchev–Trinajstić information content (AvgIpc) is 2.38. The molecule has 1 aliphatic rings. The number of hydrogen-bond donors (Lipinski definition) is 1. The minimum absolute atomic E-state index is 0.301. The van der Waals surface area contributed by atoms with Crippen molar-refractivity contribution in [3.63, 3.8) is 0 Å². The first kappa shape index (κ1) is 15.8. The van der Waals surface area contributed by atoms with Gasteiger partial charge in [-0.3, -0.25) is 0 Å². The molecule has 0 radical (unpaired) electrons. The summed E-state index contributed by atoms with van der Waals surface area (Å²) in [6.45, 7) is 5.60. The zero-order valence-electron chi connectivity index (χ0n) is 11.8. The number of nitrogens with two attached hydrogens (primary N) is 1. The lowest BCUT2D eigenvalue weighted by molar-refractivity contribution is 0.226. The van der Waals surface area contributed by atoms with E-state index in [-0.39, 0.29) is 0 Å². The Hall–Kier alpha value is -0.590. The Bertz CT molecular complexity index is 579. The maximum atomic E-state index is 12.7. The summed E-state index contributed by atoms with van der Waals surface area (Å²) in [7, 11) is -3.43. The molecule has 0 unspecified atom stereocenters. The smallest absolute Gasteiger partial charge is 0.244 e. The van der Waals surface area contributed by atoms with Gasteiger partial charge in [-0.1, -0.05) is 13.8 Å². The fourth-order valence-electron chi connectivity index (χ4n) is 2.65. The minimum atomic E-state index is -3.43. The highest BCUT2D eigenvalue weighted by Gasteiger charge is 2.31. The highest BCUT2D eigenvalue weighted by atomic mass is 79.9. The molecule has 20 heavy (non-hydrogen) atoms. The number of nitrogen functional groups attached to an aromatic ring is 1. The van der Waals surface area contributed by atoms with Gasteiger partial charge in [0.05, 0.1) is 4.90 Å². The Morgan fingerprint density at radius 1 is 1.30 bits per heavy atom. The monoisotopic (exact) mass is 360 g/mol. The van der Waals surface area contributed by atoms with Crippen LogP contribution in [-0.2, 0) is 10.0 Å². The predicted octanol–water partition coefficient (Wildman–Crippen LogP) is 3.09. The number of hydrogen-bond acceptors (Lipinski definition) is 3. The summed E-state index contributed by atoms with van der Waals surface area (Å²) in [5.74, 6) is 1.24. The van der Waals surface area contributed by atoms with E-state index in [0.29, 0.717) is 40.0 Å². The molecule has 1 saturated heterocycles. The van der Waals surface area contributed by atoms with E-state index in [2.05, 4.69) is 29.8 Å². The van der Waals surface area contributed by atoms with Gasteiger partial charge < -0.3 is 5.73 Å². The molecule has 0 saturated carbocycles. The van der Waals surface area contributed by atoms with Crippen molar-refractivity contribution < 1.29 is 8.42 Å². The Balaban J connectivity index is 2.20. The molecular formula is C14H21BrN2O2S. The van der Waals surface area contributed by atoms with Crippen molar-refractivity contribution in [2.75, 3.05) is 18.8 Å². The average molecular weight is 361 g/mol. The molecule has 1 aliphatic heterocycles. The van der Waals surface area contributed by atoms with Crippen LogP contribution in [0.25, 0.3) is 0 Å². The number of sulfonamides is 1. The molecule has 0 amide bonds. The Morgan fingerprint density at radius 2 is 1.90 bits per heavy atom. The van der Waals surface area contributed by atoms with Crippen molar-refractivity contribution in [1.82, 2.24) is 4.31 Å². The third-order valence-electron chi connectivity index (χ3n) is 4.02. The molecule has 4 nitrogen and oxygen atoms in total. The van der Waals surface area contributed by atoms with Crippen molar-refractivity contribution in [2.24, 2.45) is 11.8 Å². The lowest BCUT2D eigenvalue weighted by Gasteiger charge is -2.33. The van der Waals surface area contributed by atoms with E-state index in [4.69, 9.17) is 5.73 Å². The van der Waals surface area contributed by atoms with E-state index in [1.165, 1.54) is 0 Å². The second-order valence-electron chi connectivity index (χ2n) is 5.68. The third-order valence-corrected chi connectivity index (χ3v) is 6.89. The number of benzene rings is 1. The van der Waals surface area contributed by atoms with E-state index >= 15 is 0 Å². The normalized spacial score (nSPS) is 18.6. The van der Waals surface area contributed by atoms with E-state index in [0.717, 1.165) is 12.8 Å². The summed E-state index contributed by atoms with van der Waals surface area (Å²) < 4.78 is 27.4. The summed E-state index contributed by atoms with van der Waals surface area (Å²) in [6.07, 6.45) is 1.87. The van der Waals surface area contributed by atoms with E-state index in [9.17, 15) is 8.42 Å². The summed E-state index contributed by atoms with van der Waals surface area (Å²) >= 11 is 3.30. The first-order valence-corrected chi connectivity index (χ1v) is 9.11. The van der Waals surface area contributed by atoms with Gasteiger partial charge in [0.25, 0.3) is 0 Å². The molecule has 0 atom stereocenters. The highest BCUT2D eigenvalue weighted by molar-refractivity contribution is 9.10. The standard InChI is InChI=1S/C14H21BrN2O2S/c1-10(2)11-5-7-17(8-6-11)20(18,19)14-4-3-12(16)9-13(14)15/h3-4,9-11H,5-8,16H2,1-2H3. The number of rotatable bonds is 3. The van der Waals surface area contributed by atoms with Crippen LogP contribution >= 0.6 is 15.9 Å². The number of anilines is 1. The lowest BCUT2D eigenvalue weighted by atomic mass is 9.87. The van der Waals surface area contributed by atoms with Crippen molar-refractivity contribution in [1.29, 1.82) is 0 Å². The maximum absolute atomic E-state index is 12.7. The van der Waals surface area contributed by atoms with Gasteiger partial charge in [0.2, 0.25) is 10.0 Å². The van der Waals surface area contributed by atoms with Crippen LogP contribution in [0.1, 0.15) is 26.7 Å². The summed E-state index contributed by atoms with van der Waals surface area (Å²) in [5.41, 5.74) is 6.21. The van der Waals surface area contributed by atoms with Crippen molar-refractivity contribution in [2.45, 2.75) is 31.6 Å². The van der Waals surface area contributed by atoms with Gasteiger partial charge in [0, 0.05) is 23.2 Å². The van der Waals surface area contributed by atoms with Crippen LogP contribution < -0.4 is 5.73 Å². The third kappa shape index (κ3) is 3.18. The van der Waals surface area contributed by atoms with Crippen LogP contribution in [0.3, 0.4) is 0 Å². The summed E-state index contributed by atoms with van der Waals surface area (Å²) in [6, 6.07) is 4.83. The number of piperidine rings is 1. The van der Waals surface area contributed by atoms with Crippen LogP contribution in [0.5, 0.6) is 0 Å². The molecule has 6 heteroatoms. The van der Waals surface area contributed by atoms with Crippen molar-refractivity contribution in [3.8, 4) is 0 Å². The van der Waals surface area contributed by atoms with Gasteiger partial charge >= 0.3 is 0 Å². The summed E-state index contributed by atoms with van der Waals surface area (Å²) in [5, 5.41) is 0. The molecule has 1 aromatic rings. The van der Waals surface area contributed by atoms with Crippen molar-refractivity contribution in [3.05, 3.63) is 22.7 Å². The molecule has 1 fully saturated rings. The maximum Gasteiger partial charge on any atom is 0.244 e. The SMILES string of the molecule is CC(C)C1CCN(S(=O)(=O)c2ccc(N)cc2Br)CC1. The van der Waals surface area contributed by atoms with Crippen molar-refractivity contribution >= 4 is 31.6 Å². The minimum Gasteiger partial charge on any atom is -0.399 e. The first-order valence-electron chi connectivity index (χ1n) is 6.87. The number of halogens is 1. The van der Waals surface area contributed by atoms with Gasteiger partial charge in [-0.25, -0.2) is 8.42 Å². The van der Waals surface area contributed by atoms with Gasteiger partial charge in [-0.2, -0.15) is 4.31 Å². The molecule has 0 aliphatic carbocycles. The van der Waals surface area contributed by atoms with Gasteiger partial charge in [-0.15, -0.1) is 0 Å². The quantitative estimate of drug-likeness (QED) is 0.842. The Kier molecular flexibility index (Phi) is 4.76. The van der Waals surface area contributed by atoms with Gasteiger partial charge in [-0.05, 0) is 58.8 Å². The highest BCUT2D eigenvalue weighted by Crippen LogP contribution is 2.31. The largest absolute Gasteiger partial charge is 0.399 e. The fraction of sp³-hybridized carbons (Fsp3) is 0.571. The molecule has 1 aromatic carbocycles. The van der Waals surface area contributed by atoms with Crippen LogP contribution in [0.15, 0.2) is 27.6 Å². The Morgan fingerprint density at radius 3 is 2.40 bits per heavy atom. The van der Waals surface area contributed by atoms with Crippen LogP contribution in [0.4, 0.5) is 5.69 Å². The molecule has 2 N–H and O–H groups in total. The van der Waals surface area contributed by atoms with Crippen LogP contribution in [0.2, 0.25) is 0 Å². The lowest BCUT2D eigenvalue weighted by Crippen LogP contribution is -2.39. The molecule has 0 aromatic heterocycles. The molecular weight excluding hydrogens is 340 g/mol. The van der Waals surface area contributed by atoms with E-state index < -0.39 is 10.0 Å². The van der Waals surface area contributed by atoms with Crippen LogP contribution in [-0.4, -0.2) is 25.8 Å². The first-order chi connectivity index (χ1) is 9.32. The second-order valence-corrected chi connectivity index (χ2v) is 8.44. The van der Waals surface area contributed by atoms with E-state index in [1.807, 2.05) is 0 Å². The van der Waals surface area contributed by atoms with Gasteiger partial charge in [0.1, 0.15) is 0 Å². The molecule has 112 valence electrons. The molecule has 0 bridgehead atoms. The fourth-order valence-corrected chi connectivity index (χ4v) is 5.17. The van der Waals surface area contributed by atoms with Gasteiger partial charge in [0.15, 0.2) is 0 Å². The molecule has 1 heterocycles. The zero-order chi connectivity index (χ0) is 14.9.